The van der Waals surface area contributed by atoms with Gasteiger partial charge in [-0.25, -0.2) is 0 Å². The van der Waals surface area contributed by atoms with E-state index in [-0.39, 0.29) is 64.0 Å². The number of aliphatic hydroxyl groups excluding tert-OH is 1. The number of hydrogen-bond donors (Lipinski definition) is 1. The molecular weight excluding hydrogens is 187 g/mol. The van der Waals surface area contributed by atoms with Crippen LogP contribution in [0.15, 0.2) is 11.7 Å². The van der Waals surface area contributed by atoms with Crippen molar-refractivity contribution in [2.75, 3.05) is 6.61 Å². The molecule has 2 N–H and O–H groups in total. The first-order valence-electron chi connectivity index (χ1n) is 3.02. The maximum absolute atomic E-state index is 8.53. The van der Waals surface area contributed by atoms with Crippen LogP contribution in [0.1, 0.15) is 4.88 Å². The maximum atomic E-state index is 8.53. The summed E-state index contributed by atoms with van der Waals surface area (Å²) in [5, 5.41) is 8.53. The van der Waals surface area contributed by atoms with Crippen molar-refractivity contribution in [2.45, 2.75) is 12.5 Å². The van der Waals surface area contributed by atoms with Crippen LogP contribution in [0.25, 0.3) is 5.73 Å². The average molecular weight is 196 g/mol. The molecule has 3 nitrogen and oxygen atoms in total. The second kappa shape index (κ2) is 6.68. The number of thiazole rings is 1. The summed E-state index contributed by atoms with van der Waals surface area (Å²) in [4.78, 5) is 4.93. The Balaban J connectivity index is 0.000001000. The van der Waals surface area contributed by atoms with Crippen LogP contribution in [0.3, 0.4) is 0 Å². The van der Waals surface area contributed by atoms with Crippen molar-refractivity contribution in [1.82, 2.24) is 4.98 Å². The van der Waals surface area contributed by atoms with Crippen LogP contribution in [0.2, 0.25) is 0 Å². The summed E-state index contributed by atoms with van der Waals surface area (Å²) in [5.74, 6) is 0. The molecule has 5 heteroatoms. The van der Waals surface area contributed by atoms with E-state index in [4.69, 9.17) is 10.8 Å². The van der Waals surface area contributed by atoms with Gasteiger partial charge in [0.25, 0.3) is 0 Å². The van der Waals surface area contributed by atoms with Gasteiger partial charge < -0.3 is 10.8 Å². The van der Waals surface area contributed by atoms with Gasteiger partial charge in [0.2, 0.25) is 0 Å². The second-order valence-corrected chi connectivity index (χ2v) is 3.02. The Hall–Kier alpha value is 1.19. The molecule has 1 unspecified atom stereocenters. The van der Waals surface area contributed by atoms with Crippen LogP contribution < -0.4 is 51.4 Å². The van der Waals surface area contributed by atoms with E-state index in [9.17, 15) is 0 Å². The standard InChI is InChI=1S/C6H9N2OS.K/c7-5(3-9)1-6-2-8-4-10-6;/h2,4-5,7,9H,1,3H2;/q-1;+1. The molecule has 0 spiro atoms. The van der Waals surface area contributed by atoms with Gasteiger partial charge in [-0.15, -0.1) is 17.4 Å². The zero-order valence-corrected chi connectivity index (χ0v) is 10.4. The van der Waals surface area contributed by atoms with Crippen molar-refractivity contribution < 1.29 is 56.5 Å². The van der Waals surface area contributed by atoms with Gasteiger partial charge in [0.05, 0.1) is 5.51 Å². The minimum absolute atomic E-state index is 0. The first kappa shape index (κ1) is 12.2. The van der Waals surface area contributed by atoms with Crippen molar-refractivity contribution in [3.8, 4) is 0 Å². The molecule has 1 atom stereocenters. The molecule has 56 valence electrons. The van der Waals surface area contributed by atoms with E-state index in [0.717, 1.165) is 4.88 Å². The van der Waals surface area contributed by atoms with E-state index in [1.54, 1.807) is 11.7 Å². The number of aromatic nitrogens is 1. The number of rotatable bonds is 3. The van der Waals surface area contributed by atoms with Gasteiger partial charge in [-0.3, -0.25) is 4.98 Å². The zero-order valence-electron chi connectivity index (χ0n) is 6.45. The van der Waals surface area contributed by atoms with Crippen molar-refractivity contribution >= 4 is 11.3 Å². The summed E-state index contributed by atoms with van der Waals surface area (Å²) >= 11 is 1.52. The quantitative estimate of drug-likeness (QED) is 0.574. The maximum Gasteiger partial charge on any atom is 1.00 e. The third-order valence-electron chi connectivity index (χ3n) is 1.15. The van der Waals surface area contributed by atoms with Crippen molar-refractivity contribution in [1.29, 1.82) is 0 Å². The largest absolute Gasteiger partial charge is 1.00 e. The molecule has 0 aliphatic heterocycles. The SMILES string of the molecule is [K+].[NH-]C(CO)Cc1cncs1. The van der Waals surface area contributed by atoms with Crippen molar-refractivity contribution in [3.63, 3.8) is 0 Å². The van der Waals surface area contributed by atoms with E-state index in [0.29, 0.717) is 6.42 Å². The fraction of sp³-hybridized carbons (Fsp3) is 0.500. The number of aliphatic hydroxyl groups is 1. The Morgan fingerprint density at radius 2 is 2.45 bits per heavy atom. The van der Waals surface area contributed by atoms with Gasteiger partial charge in [0.15, 0.2) is 0 Å². The molecule has 11 heavy (non-hydrogen) atoms. The Morgan fingerprint density at radius 3 is 2.91 bits per heavy atom. The zero-order chi connectivity index (χ0) is 7.40. The molecule has 0 saturated heterocycles. The van der Waals surface area contributed by atoms with Crippen LogP contribution in [-0.4, -0.2) is 22.7 Å². The summed E-state index contributed by atoms with van der Waals surface area (Å²) in [6.07, 6.45) is 2.35. The van der Waals surface area contributed by atoms with E-state index < -0.39 is 0 Å². The van der Waals surface area contributed by atoms with Crippen LogP contribution in [0.5, 0.6) is 0 Å². The van der Waals surface area contributed by atoms with Crippen LogP contribution >= 0.6 is 11.3 Å². The predicted molar refractivity (Wildman–Crippen MR) is 41.0 cm³/mol. The number of nitrogens with zero attached hydrogens (tertiary/aromatic N) is 1. The molecule has 1 rings (SSSR count). The molecule has 0 radical (unpaired) electrons. The van der Waals surface area contributed by atoms with Crippen LogP contribution in [0, 0.1) is 0 Å². The summed E-state index contributed by atoms with van der Waals surface area (Å²) in [6.45, 7) is -0.0715. The van der Waals surface area contributed by atoms with Gasteiger partial charge in [0.1, 0.15) is 0 Å². The minimum atomic E-state index is -0.388. The van der Waals surface area contributed by atoms with E-state index in [1.165, 1.54) is 11.3 Å². The molecule has 1 heterocycles. The predicted octanol–water partition coefficient (Wildman–Crippen LogP) is -1.90. The van der Waals surface area contributed by atoms with Gasteiger partial charge in [-0.05, 0) is 6.42 Å². The van der Waals surface area contributed by atoms with Gasteiger partial charge in [0, 0.05) is 17.7 Å². The Labute approximate surface area is 112 Å². The fourth-order valence-corrected chi connectivity index (χ4v) is 1.33. The van der Waals surface area contributed by atoms with Gasteiger partial charge >= 0.3 is 51.4 Å². The molecule has 0 amide bonds. The number of nitrogens with one attached hydrogen (secondary N) is 1. The minimum Gasteiger partial charge on any atom is -0.673 e. The van der Waals surface area contributed by atoms with Crippen LogP contribution in [0.4, 0.5) is 0 Å². The molecule has 0 saturated carbocycles. The van der Waals surface area contributed by atoms with Gasteiger partial charge in [-0.1, -0.05) is 0 Å². The monoisotopic (exact) mass is 196 g/mol. The second-order valence-electron chi connectivity index (χ2n) is 2.05. The Bertz CT molecular complexity index is 181. The topological polar surface area (TPSA) is 56.9 Å². The van der Waals surface area contributed by atoms with Crippen molar-refractivity contribution in [3.05, 3.63) is 22.3 Å². The molecule has 0 aromatic carbocycles. The summed E-state index contributed by atoms with van der Waals surface area (Å²) in [7, 11) is 0. The summed E-state index contributed by atoms with van der Waals surface area (Å²) < 4.78 is 0. The normalized spacial score (nSPS) is 12.2. The molecule has 0 aliphatic rings. The average Bonchev–Trinajstić information content (AvgIpc) is 2.40. The summed E-state index contributed by atoms with van der Waals surface area (Å²) in [6, 6.07) is -0.388. The fourth-order valence-electron chi connectivity index (χ4n) is 0.650. The smallest absolute Gasteiger partial charge is 0.673 e. The van der Waals surface area contributed by atoms with Gasteiger partial charge in [-0.2, -0.15) is 0 Å². The molecule has 0 fully saturated rings. The summed E-state index contributed by atoms with van der Waals surface area (Å²) in [5.41, 5.74) is 8.96. The van der Waals surface area contributed by atoms with E-state index in [1.807, 2.05) is 0 Å². The van der Waals surface area contributed by atoms with E-state index in [2.05, 4.69) is 4.98 Å². The molecular formula is C6H9KN2OS. The molecule has 0 aliphatic carbocycles. The molecule has 1 aromatic heterocycles. The Morgan fingerprint density at radius 1 is 1.73 bits per heavy atom. The third kappa shape index (κ3) is 4.69. The van der Waals surface area contributed by atoms with Crippen molar-refractivity contribution in [2.24, 2.45) is 0 Å². The number of hydrogen-bond acceptors (Lipinski definition) is 3. The third-order valence-corrected chi connectivity index (χ3v) is 1.95. The Kier molecular flexibility index (Phi) is 7.40. The first-order valence-corrected chi connectivity index (χ1v) is 3.90. The first-order chi connectivity index (χ1) is 4.83. The van der Waals surface area contributed by atoms with Crippen LogP contribution in [-0.2, 0) is 6.42 Å². The molecule has 0 bridgehead atoms. The van der Waals surface area contributed by atoms with E-state index >= 15 is 0 Å². The molecule has 1 aromatic rings.